The maximum absolute atomic E-state index is 5.29. The summed E-state index contributed by atoms with van der Waals surface area (Å²) in [5.74, 6) is 0. The van der Waals surface area contributed by atoms with Gasteiger partial charge >= 0.3 is 0 Å². The Labute approximate surface area is 121 Å². The van der Waals surface area contributed by atoms with Crippen LogP contribution < -0.4 is 5.32 Å². The maximum Gasteiger partial charge on any atom is 0.0616 e. The largest absolute Gasteiger partial charge is 0.383 e. The zero-order chi connectivity index (χ0) is 14.2. The van der Waals surface area contributed by atoms with Gasteiger partial charge in [0.05, 0.1) is 12.6 Å². The number of rotatable bonds is 7. The number of pyridine rings is 1. The molecule has 1 aromatic heterocycles. The predicted molar refractivity (Wildman–Crippen MR) is 81.6 cm³/mol. The molecule has 1 N–H and O–H groups in total. The number of hydrogen-bond acceptors (Lipinski definition) is 3. The number of methoxy groups -OCH3 is 1. The van der Waals surface area contributed by atoms with Gasteiger partial charge in [0.25, 0.3) is 0 Å². The van der Waals surface area contributed by atoms with E-state index in [0.717, 1.165) is 6.42 Å². The lowest BCUT2D eigenvalue weighted by Crippen LogP contribution is -2.36. The van der Waals surface area contributed by atoms with E-state index in [1.54, 1.807) is 7.11 Å². The predicted octanol–water partition coefficient (Wildman–Crippen LogP) is 3.19. The third-order valence-electron chi connectivity index (χ3n) is 3.44. The van der Waals surface area contributed by atoms with E-state index in [4.69, 9.17) is 4.74 Å². The summed E-state index contributed by atoms with van der Waals surface area (Å²) in [6.07, 6.45) is 4.71. The highest BCUT2D eigenvalue weighted by atomic mass is 16.5. The van der Waals surface area contributed by atoms with E-state index in [-0.39, 0.29) is 6.04 Å². The fraction of sp³-hybridized carbons (Fsp3) is 0.353. The molecule has 0 spiro atoms. The van der Waals surface area contributed by atoms with Gasteiger partial charge in [-0.15, -0.1) is 0 Å². The molecule has 0 saturated carbocycles. The Hall–Kier alpha value is -1.71. The monoisotopic (exact) mass is 270 g/mol. The number of nitrogens with one attached hydrogen (secondary N) is 1. The Balaban J connectivity index is 2.25. The van der Waals surface area contributed by atoms with Crippen molar-refractivity contribution in [2.75, 3.05) is 13.7 Å². The van der Waals surface area contributed by atoms with Crippen molar-refractivity contribution in [3.05, 3.63) is 66.0 Å². The summed E-state index contributed by atoms with van der Waals surface area (Å²) in [5, 5.41) is 3.68. The SMILES string of the molecule is CCC(COC)NC(c1ccccc1)c1ccncc1. The third-order valence-corrected chi connectivity index (χ3v) is 3.44. The molecule has 20 heavy (non-hydrogen) atoms. The zero-order valence-corrected chi connectivity index (χ0v) is 12.1. The van der Waals surface area contributed by atoms with E-state index >= 15 is 0 Å². The molecule has 0 radical (unpaired) electrons. The van der Waals surface area contributed by atoms with Crippen LogP contribution in [0.15, 0.2) is 54.9 Å². The van der Waals surface area contributed by atoms with Gasteiger partial charge in [0.1, 0.15) is 0 Å². The first-order valence-corrected chi connectivity index (χ1v) is 7.05. The van der Waals surface area contributed by atoms with E-state index in [0.29, 0.717) is 12.6 Å². The quantitative estimate of drug-likeness (QED) is 0.839. The highest BCUT2D eigenvalue weighted by molar-refractivity contribution is 5.30. The summed E-state index contributed by atoms with van der Waals surface area (Å²) in [7, 11) is 1.74. The lowest BCUT2D eigenvalue weighted by molar-refractivity contribution is 0.161. The van der Waals surface area contributed by atoms with Gasteiger partial charge in [-0.25, -0.2) is 0 Å². The average molecular weight is 270 g/mol. The molecule has 0 amide bonds. The van der Waals surface area contributed by atoms with Crippen molar-refractivity contribution in [1.82, 2.24) is 10.3 Å². The first-order chi connectivity index (χ1) is 9.85. The summed E-state index contributed by atoms with van der Waals surface area (Å²) < 4.78 is 5.29. The van der Waals surface area contributed by atoms with Gasteiger partial charge in [-0.3, -0.25) is 4.98 Å². The van der Waals surface area contributed by atoms with E-state index in [9.17, 15) is 0 Å². The summed E-state index contributed by atoms with van der Waals surface area (Å²) in [4.78, 5) is 4.10. The topological polar surface area (TPSA) is 34.1 Å². The number of hydrogen-bond donors (Lipinski definition) is 1. The van der Waals surface area contributed by atoms with Gasteiger partial charge in [0.2, 0.25) is 0 Å². The Morgan fingerprint density at radius 1 is 1.05 bits per heavy atom. The molecular formula is C17H22N2O. The minimum absolute atomic E-state index is 0.166. The molecule has 0 aliphatic heterocycles. The molecule has 0 saturated heterocycles. The second-order valence-corrected chi connectivity index (χ2v) is 4.85. The van der Waals surface area contributed by atoms with Crippen LogP contribution in [0.1, 0.15) is 30.5 Å². The molecular weight excluding hydrogens is 248 g/mol. The number of aromatic nitrogens is 1. The summed E-state index contributed by atoms with van der Waals surface area (Å²) in [6, 6.07) is 15.1. The minimum atomic E-state index is 0.166. The van der Waals surface area contributed by atoms with Gasteiger partial charge in [-0.2, -0.15) is 0 Å². The van der Waals surface area contributed by atoms with Crippen LogP contribution in [0.25, 0.3) is 0 Å². The van der Waals surface area contributed by atoms with Crippen molar-refractivity contribution in [3.63, 3.8) is 0 Å². The molecule has 2 aromatic rings. The Morgan fingerprint density at radius 3 is 2.30 bits per heavy atom. The van der Waals surface area contributed by atoms with Crippen molar-refractivity contribution >= 4 is 0 Å². The molecule has 0 aliphatic rings. The number of benzene rings is 1. The third kappa shape index (κ3) is 3.89. The van der Waals surface area contributed by atoms with Crippen LogP contribution in [0.2, 0.25) is 0 Å². The molecule has 0 fully saturated rings. The number of nitrogens with zero attached hydrogens (tertiary/aromatic N) is 1. The van der Waals surface area contributed by atoms with Crippen molar-refractivity contribution in [2.24, 2.45) is 0 Å². The van der Waals surface area contributed by atoms with Gasteiger partial charge in [0, 0.05) is 25.5 Å². The molecule has 3 heteroatoms. The smallest absolute Gasteiger partial charge is 0.0616 e. The standard InChI is InChI=1S/C17H22N2O/c1-3-16(13-20-2)19-17(14-7-5-4-6-8-14)15-9-11-18-12-10-15/h4-12,16-17,19H,3,13H2,1-2H3. The molecule has 0 aliphatic carbocycles. The maximum atomic E-state index is 5.29. The Kier molecular flexibility index (Phi) is 5.71. The zero-order valence-electron chi connectivity index (χ0n) is 12.1. The van der Waals surface area contributed by atoms with Crippen molar-refractivity contribution in [1.29, 1.82) is 0 Å². The van der Waals surface area contributed by atoms with Gasteiger partial charge in [-0.1, -0.05) is 37.3 Å². The van der Waals surface area contributed by atoms with Gasteiger partial charge in [-0.05, 0) is 29.7 Å². The van der Waals surface area contributed by atoms with Crippen LogP contribution in [0.5, 0.6) is 0 Å². The minimum Gasteiger partial charge on any atom is -0.383 e. The van der Waals surface area contributed by atoms with Crippen molar-refractivity contribution in [2.45, 2.75) is 25.4 Å². The fourth-order valence-electron chi connectivity index (χ4n) is 2.31. The highest BCUT2D eigenvalue weighted by Crippen LogP contribution is 2.22. The number of ether oxygens (including phenoxy) is 1. The lowest BCUT2D eigenvalue weighted by Gasteiger charge is -2.25. The van der Waals surface area contributed by atoms with Crippen LogP contribution in [0.3, 0.4) is 0 Å². The normalized spacial score (nSPS) is 13.9. The van der Waals surface area contributed by atoms with Crippen LogP contribution in [0, 0.1) is 0 Å². The Morgan fingerprint density at radius 2 is 1.70 bits per heavy atom. The molecule has 3 nitrogen and oxygen atoms in total. The molecule has 2 rings (SSSR count). The van der Waals surface area contributed by atoms with E-state index in [2.05, 4.69) is 53.6 Å². The van der Waals surface area contributed by atoms with E-state index < -0.39 is 0 Å². The molecule has 106 valence electrons. The van der Waals surface area contributed by atoms with Gasteiger partial charge in [0.15, 0.2) is 0 Å². The summed E-state index contributed by atoms with van der Waals surface area (Å²) in [5.41, 5.74) is 2.48. The van der Waals surface area contributed by atoms with Crippen LogP contribution in [0.4, 0.5) is 0 Å². The van der Waals surface area contributed by atoms with E-state index in [1.807, 2.05) is 18.5 Å². The highest BCUT2D eigenvalue weighted by Gasteiger charge is 2.17. The molecule has 0 bridgehead atoms. The fourth-order valence-corrected chi connectivity index (χ4v) is 2.31. The molecule has 1 aromatic carbocycles. The second kappa shape index (κ2) is 7.78. The molecule has 1 heterocycles. The van der Waals surface area contributed by atoms with Crippen molar-refractivity contribution in [3.8, 4) is 0 Å². The second-order valence-electron chi connectivity index (χ2n) is 4.85. The average Bonchev–Trinajstić information content (AvgIpc) is 2.53. The van der Waals surface area contributed by atoms with Crippen LogP contribution in [-0.2, 0) is 4.74 Å². The van der Waals surface area contributed by atoms with E-state index in [1.165, 1.54) is 11.1 Å². The van der Waals surface area contributed by atoms with Crippen LogP contribution in [-0.4, -0.2) is 24.7 Å². The Bertz CT molecular complexity index is 447. The van der Waals surface area contributed by atoms with Crippen LogP contribution >= 0.6 is 0 Å². The first-order valence-electron chi connectivity index (χ1n) is 7.05. The lowest BCUT2D eigenvalue weighted by atomic mass is 9.98. The van der Waals surface area contributed by atoms with Crippen molar-refractivity contribution < 1.29 is 4.74 Å². The molecule has 2 atom stereocenters. The molecule has 2 unspecified atom stereocenters. The van der Waals surface area contributed by atoms with Gasteiger partial charge < -0.3 is 10.1 Å². The first kappa shape index (κ1) is 14.7. The summed E-state index contributed by atoms with van der Waals surface area (Å²) >= 11 is 0. The summed E-state index contributed by atoms with van der Waals surface area (Å²) in [6.45, 7) is 2.89.